The van der Waals surface area contributed by atoms with Gasteiger partial charge in [-0.1, -0.05) is 26.2 Å². The van der Waals surface area contributed by atoms with Gasteiger partial charge in [-0.25, -0.2) is 9.18 Å². The van der Waals surface area contributed by atoms with Gasteiger partial charge in [-0.05, 0) is 37.6 Å². The molecule has 0 amide bonds. The Kier molecular flexibility index (Phi) is 5.80. The number of hydrogen-bond donors (Lipinski definition) is 1. The number of esters is 1. The molecule has 0 aliphatic heterocycles. The molecule has 0 heterocycles. The summed E-state index contributed by atoms with van der Waals surface area (Å²) in [5.74, 6) is -0.593. The monoisotopic (exact) mass is 267 g/mol. The van der Waals surface area contributed by atoms with E-state index in [0.29, 0.717) is 12.1 Å². The van der Waals surface area contributed by atoms with Crippen molar-refractivity contribution in [1.29, 1.82) is 0 Å². The van der Waals surface area contributed by atoms with E-state index in [0.717, 1.165) is 19.3 Å². The Labute approximate surface area is 114 Å². The van der Waals surface area contributed by atoms with Crippen LogP contribution in [0, 0.1) is 5.82 Å². The Morgan fingerprint density at radius 3 is 2.47 bits per heavy atom. The Hall–Kier alpha value is -1.58. The van der Waals surface area contributed by atoms with Crippen molar-refractivity contribution in [3.05, 3.63) is 30.1 Å². The molecule has 0 fully saturated rings. The summed E-state index contributed by atoms with van der Waals surface area (Å²) in [6, 6.07) is 5.98. The maximum atomic E-state index is 12.9. The first-order valence-corrected chi connectivity index (χ1v) is 6.64. The fourth-order valence-corrected chi connectivity index (χ4v) is 2.02. The summed E-state index contributed by atoms with van der Waals surface area (Å²) in [7, 11) is 1.38. The van der Waals surface area contributed by atoms with Gasteiger partial charge in [0.2, 0.25) is 0 Å². The molecule has 0 aliphatic carbocycles. The van der Waals surface area contributed by atoms with Crippen molar-refractivity contribution < 1.29 is 13.9 Å². The van der Waals surface area contributed by atoms with Gasteiger partial charge in [-0.3, -0.25) is 0 Å². The van der Waals surface area contributed by atoms with Gasteiger partial charge in [0.15, 0.2) is 0 Å². The van der Waals surface area contributed by atoms with Crippen LogP contribution in [0.2, 0.25) is 0 Å². The Morgan fingerprint density at radius 2 is 1.95 bits per heavy atom. The summed E-state index contributed by atoms with van der Waals surface area (Å²) in [6.45, 7) is 3.93. The summed E-state index contributed by atoms with van der Waals surface area (Å²) in [5, 5.41) is 3.15. The number of anilines is 1. The topological polar surface area (TPSA) is 38.3 Å². The molecule has 0 spiro atoms. The lowest BCUT2D eigenvalue weighted by Crippen LogP contribution is -2.44. The number of carbonyl (C=O) groups is 1. The van der Waals surface area contributed by atoms with Crippen LogP contribution in [0.4, 0.5) is 10.1 Å². The summed E-state index contributed by atoms with van der Waals surface area (Å²) >= 11 is 0. The lowest BCUT2D eigenvalue weighted by molar-refractivity contribution is -0.145. The van der Waals surface area contributed by atoms with Gasteiger partial charge in [-0.2, -0.15) is 0 Å². The number of nitrogens with one attached hydrogen (secondary N) is 1. The Balaban J connectivity index is 2.78. The molecule has 0 radical (unpaired) electrons. The van der Waals surface area contributed by atoms with Crippen LogP contribution in [-0.2, 0) is 9.53 Å². The van der Waals surface area contributed by atoms with Crippen LogP contribution in [0.1, 0.15) is 39.5 Å². The minimum absolute atomic E-state index is 0.295. The number of rotatable bonds is 7. The first kappa shape index (κ1) is 15.5. The molecule has 1 aromatic rings. The Bertz CT molecular complexity index is 405. The van der Waals surface area contributed by atoms with Crippen LogP contribution < -0.4 is 5.32 Å². The molecule has 0 aromatic heterocycles. The Morgan fingerprint density at radius 1 is 1.32 bits per heavy atom. The van der Waals surface area contributed by atoms with Crippen LogP contribution in [0.25, 0.3) is 0 Å². The third-order valence-corrected chi connectivity index (χ3v) is 3.18. The first-order chi connectivity index (χ1) is 9.01. The molecule has 1 N–H and O–H groups in total. The average Bonchev–Trinajstić information content (AvgIpc) is 2.41. The standard InChI is InChI=1S/C15H22FNO2/c1-4-5-6-11-15(2,14(18)19-3)17-13-9-7-12(16)8-10-13/h7-10,17H,4-6,11H2,1-3H3. The van der Waals surface area contributed by atoms with E-state index < -0.39 is 5.54 Å². The number of methoxy groups -OCH3 is 1. The third-order valence-electron chi connectivity index (χ3n) is 3.18. The maximum absolute atomic E-state index is 12.9. The van der Waals surface area contributed by atoms with Crippen molar-refractivity contribution in [2.24, 2.45) is 0 Å². The van der Waals surface area contributed by atoms with Gasteiger partial charge in [0.25, 0.3) is 0 Å². The van der Waals surface area contributed by atoms with Crippen LogP contribution in [0.3, 0.4) is 0 Å². The zero-order valence-electron chi connectivity index (χ0n) is 11.8. The SMILES string of the molecule is CCCCCC(C)(Nc1ccc(F)cc1)C(=O)OC. The molecule has 106 valence electrons. The average molecular weight is 267 g/mol. The molecule has 1 aromatic carbocycles. The van der Waals surface area contributed by atoms with Crippen molar-refractivity contribution in [2.45, 2.75) is 45.1 Å². The predicted octanol–water partition coefficient (Wildman–Crippen LogP) is 3.75. The van der Waals surface area contributed by atoms with Gasteiger partial charge < -0.3 is 10.1 Å². The molecule has 4 heteroatoms. The molecule has 1 rings (SSSR count). The minimum atomic E-state index is -0.776. The number of halogens is 1. The van der Waals surface area contributed by atoms with Gasteiger partial charge in [-0.15, -0.1) is 0 Å². The highest BCUT2D eigenvalue weighted by Crippen LogP contribution is 2.23. The fourth-order valence-electron chi connectivity index (χ4n) is 2.02. The van der Waals surface area contributed by atoms with Gasteiger partial charge in [0.05, 0.1) is 7.11 Å². The van der Waals surface area contributed by atoms with E-state index >= 15 is 0 Å². The highest BCUT2D eigenvalue weighted by molar-refractivity contribution is 5.83. The highest BCUT2D eigenvalue weighted by Gasteiger charge is 2.33. The first-order valence-electron chi connectivity index (χ1n) is 6.64. The van der Waals surface area contributed by atoms with Crippen LogP contribution in [-0.4, -0.2) is 18.6 Å². The number of ether oxygens (including phenoxy) is 1. The zero-order valence-corrected chi connectivity index (χ0v) is 11.8. The third kappa shape index (κ3) is 4.54. The van der Waals surface area contributed by atoms with E-state index in [1.54, 1.807) is 12.1 Å². The van der Waals surface area contributed by atoms with Gasteiger partial charge >= 0.3 is 5.97 Å². The maximum Gasteiger partial charge on any atom is 0.331 e. The highest BCUT2D eigenvalue weighted by atomic mass is 19.1. The molecular weight excluding hydrogens is 245 g/mol. The normalized spacial score (nSPS) is 13.7. The van der Waals surface area contributed by atoms with E-state index in [1.807, 2.05) is 6.92 Å². The fraction of sp³-hybridized carbons (Fsp3) is 0.533. The summed E-state index contributed by atoms with van der Waals surface area (Å²) in [6.07, 6.45) is 3.78. The van der Waals surface area contributed by atoms with Crippen molar-refractivity contribution in [3.8, 4) is 0 Å². The van der Waals surface area contributed by atoms with E-state index in [9.17, 15) is 9.18 Å². The van der Waals surface area contributed by atoms with Crippen LogP contribution in [0.15, 0.2) is 24.3 Å². The molecule has 3 nitrogen and oxygen atoms in total. The van der Waals surface area contributed by atoms with Crippen LogP contribution in [0.5, 0.6) is 0 Å². The quantitative estimate of drug-likeness (QED) is 0.604. The number of carbonyl (C=O) groups excluding carboxylic acids is 1. The molecule has 0 saturated carbocycles. The second kappa shape index (κ2) is 7.12. The number of hydrogen-bond acceptors (Lipinski definition) is 3. The lowest BCUT2D eigenvalue weighted by atomic mass is 9.94. The van der Waals surface area contributed by atoms with Crippen molar-refractivity contribution in [1.82, 2.24) is 0 Å². The lowest BCUT2D eigenvalue weighted by Gasteiger charge is -2.29. The minimum Gasteiger partial charge on any atom is -0.467 e. The largest absolute Gasteiger partial charge is 0.467 e. The molecule has 19 heavy (non-hydrogen) atoms. The second-order valence-corrected chi connectivity index (χ2v) is 4.91. The van der Waals surface area contributed by atoms with Crippen LogP contribution >= 0.6 is 0 Å². The molecular formula is C15H22FNO2. The molecule has 1 atom stereocenters. The van der Waals surface area contributed by atoms with E-state index in [-0.39, 0.29) is 11.8 Å². The van der Waals surface area contributed by atoms with Crippen molar-refractivity contribution >= 4 is 11.7 Å². The molecule has 0 bridgehead atoms. The van der Waals surface area contributed by atoms with Gasteiger partial charge in [0.1, 0.15) is 11.4 Å². The van der Waals surface area contributed by atoms with Gasteiger partial charge in [0, 0.05) is 5.69 Å². The summed E-state index contributed by atoms with van der Waals surface area (Å²) in [4.78, 5) is 11.9. The number of unbranched alkanes of at least 4 members (excludes halogenated alkanes) is 2. The molecule has 0 aliphatic rings. The predicted molar refractivity (Wildman–Crippen MR) is 74.6 cm³/mol. The molecule has 1 unspecified atom stereocenters. The van der Waals surface area contributed by atoms with E-state index in [4.69, 9.17) is 4.74 Å². The smallest absolute Gasteiger partial charge is 0.331 e. The van der Waals surface area contributed by atoms with E-state index in [2.05, 4.69) is 12.2 Å². The van der Waals surface area contributed by atoms with E-state index in [1.165, 1.54) is 19.2 Å². The van der Waals surface area contributed by atoms with Crippen molar-refractivity contribution in [3.63, 3.8) is 0 Å². The number of benzene rings is 1. The summed E-state index contributed by atoms with van der Waals surface area (Å²) < 4.78 is 17.7. The summed E-state index contributed by atoms with van der Waals surface area (Å²) in [5.41, 5.74) is -0.0623. The molecule has 0 saturated heterocycles. The van der Waals surface area contributed by atoms with Crippen molar-refractivity contribution in [2.75, 3.05) is 12.4 Å². The zero-order chi connectivity index (χ0) is 14.3. The second-order valence-electron chi connectivity index (χ2n) is 4.91.